The number of rotatable bonds is 9. The van der Waals surface area contributed by atoms with E-state index in [0.717, 1.165) is 11.6 Å². The summed E-state index contributed by atoms with van der Waals surface area (Å²) >= 11 is 0. The molecule has 1 aromatic heterocycles. The van der Waals surface area contributed by atoms with Gasteiger partial charge < -0.3 is 24.3 Å². The Morgan fingerprint density at radius 2 is 1.77 bits per heavy atom. The molecule has 1 N–H and O–H groups in total. The minimum Gasteiger partial charge on any atom is -0.493 e. The Labute approximate surface area is 224 Å². The Bertz CT molecular complexity index is 1540. The van der Waals surface area contributed by atoms with Crippen LogP contribution >= 0.6 is 0 Å². The van der Waals surface area contributed by atoms with Crippen LogP contribution in [-0.2, 0) is 20.9 Å². The number of halogens is 1. The summed E-state index contributed by atoms with van der Waals surface area (Å²) in [6, 6.07) is 18.9. The van der Waals surface area contributed by atoms with Crippen LogP contribution < -0.4 is 19.5 Å². The van der Waals surface area contributed by atoms with Gasteiger partial charge in [-0.2, -0.15) is 0 Å². The predicted octanol–water partition coefficient (Wildman–Crippen LogP) is 5.89. The van der Waals surface area contributed by atoms with Crippen LogP contribution in [0.25, 0.3) is 10.9 Å². The van der Waals surface area contributed by atoms with Crippen molar-refractivity contribution in [3.8, 4) is 23.0 Å². The highest BCUT2D eigenvalue weighted by Gasteiger charge is 2.64. The van der Waals surface area contributed by atoms with Crippen LogP contribution in [0.5, 0.6) is 23.0 Å². The Hall–Kier alpha value is -4.66. The van der Waals surface area contributed by atoms with Gasteiger partial charge in [0.15, 0.2) is 23.1 Å². The number of hydrogen-bond donors (Lipinski definition) is 1. The highest BCUT2D eigenvalue weighted by Crippen LogP contribution is 2.54. The number of carbonyl (C=O) groups excluding carboxylic acids is 2. The molecule has 1 fully saturated rings. The van der Waals surface area contributed by atoms with Gasteiger partial charge in [-0.15, -0.1) is 0 Å². The highest BCUT2D eigenvalue weighted by molar-refractivity contribution is 6.11. The maximum Gasteiger partial charge on any atom is 0.321 e. The van der Waals surface area contributed by atoms with Crippen molar-refractivity contribution in [1.82, 2.24) is 4.98 Å². The molecule has 3 aromatic carbocycles. The number of aromatic nitrogens is 1. The first-order valence-electron chi connectivity index (χ1n) is 12.4. The molecule has 0 bridgehead atoms. The summed E-state index contributed by atoms with van der Waals surface area (Å²) in [5.74, 6) is -0.661. The molecule has 1 aliphatic rings. The highest BCUT2D eigenvalue weighted by atomic mass is 19.1. The average molecular weight is 531 g/mol. The molecule has 1 amide bonds. The second kappa shape index (κ2) is 10.6. The quantitative estimate of drug-likeness (QED) is 0.213. The van der Waals surface area contributed by atoms with Gasteiger partial charge in [-0.05, 0) is 42.2 Å². The molecule has 9 heteroatoms. The summed E-state index contributed by atoms with van der Waals surface area (Å²) in [4.78, 5) is 29.3. The number of carbonyl (C=O) groups is 2. The van der Waals surface area contributed by atoms with Gasteiger partial charge in [0.1, 0.15) is 17.8 Å². The van der Waals surface area contributed by atoms with Crippen molar-refractivity contribution in [2.75, 3.05) is 19.5 Å². The van der Waals surface area contributed by atoms with E-state index in [2.05, 4.69) is 10.3 Å². The third-order valence-electron chi connectivity index (χ3n) is 6.90. The molecule has 0 unspecified atom stereocenters. The van der Waals surface area contributed by atoms with Crippen LogP contribution in [0.4, 0.5) is 10.1 Å². The number of pyridine rings is 1. The lowest BCUT2D eigenvalue weighted by Gasteiger charge is -2.16. The molecule has 39 heavy (non-hydrogen) atoms. The van der Waals surface area contributed by atoms with E-state index in [1.807, 2.05) is 30.3 Å². The zero-order chi connectivity index (χ0) is 27.6. The van der Waals surface area contributed by atoms with Crippen molar-refractivity contribution >= 4 is 28.5 Å². The van der Waals surface area contributed by atoms with Gasteiger partial charge in [0.05, 0.1) is 19.7 Å². The molecule has 0 saturated heterocycles. The predicted molar refractivity (Wildman–Crippen MR) is 142 cm³/mol. The van der Waals surface area contributed by atoms with Crippen LogP contribution in [0.1, 0.15) is 18.9 Å². The molecule has 8 nitrogen and oxygen atoms in total. The molecule has 4 aromatic rings. The SMILES string of the molecule is COC(=O)[C@@]1(C(=O)Nc2ccc(Oc3ccnc4cc(OCc5ccccc5)c(OC)cc34)c(F)c2)C[C@H]1C. The lowest BCUT2D eigenvalue weighted by Crippen LogP contribution is -2.34. The number of benzene rings is 3. The van der Waals surface area contributed by atoms with E-state index in [4.69, 9.17) is 18.9 Å². The standard InChI is InChI=1S/C30H27FN2O6/c1-18-16-30(18,29(35)37-3)28(34)33-20-9-10-25(22(31)13-20)39-24-11-12-32-23-15-27(26(36-2)14-21(23)24)38-17-19-7-5-4-6-8-19/h4-15,18H,16-17H2,1-3H3,(H,33,34)/t18-,30+/m1/s1. The van der Waals surface area contributed by atoms with E-state index < -0.39 is 23.1 Å². The van der Waals surface area contributed by atoms with Crippen molar-refractivity contribution in [3.63, 3.8) is 0 Å². The van der Waals surface area contributed by atoms with Crippen LogP contribution in [0.15, 0.2) is 72.9 Å². The Balaban J connectivity index is 1.35. The lowest BCUT2D eigenvalue weighted by molar-refractivity contribution is -0.151. The molecule has 1 aliphatic carbocycles. The Morgan fingerprint density at radius 3 is 2.44 bits per heavy atom. The number of esters is 1. The summed E-state index contributed by atoms with van der Waals surface area (Å²) in [5.41, 5.74) is 0.548. The molecule has 200 valence electrons. The van der Waals surface area contributed by atoms with Gasteiger partial charge in [-0.1, -0.05) is 37.3 Å². The van der Waals surface area contributed by atoms with Crippen LogP contribution in [0.2, 0.25) is 0 Å². The minimum absolute atomic E-state index is 0.0497. The maximum absolute atomic E-state index is 15.0. The van der Waals surface area contributed by atoms with Gasteiger partial charge in [0, 0.05) is 29.4 Å². The normalized spacial score (nSPS) is 17.8. The van der Waals surface area contributed by atoms with Crippen molar-refractivity contribution < 1.29 is 32.9 Å². The molecule has 0 spiro atoms. The molecule has 5 rings (SSSR count). The second-order valence-electron chi connectivity index (χ2n) is 9.37. The molecular formula is C30H27FN2O6. The number of ether oxygens (including phenoxy) is 4. The van der Waals surface area contributed by atoms with E-state index >= 15 is 4.39 Å². The number of anilines is 1. The first-order valence-corrected chi connectivity index (χ1v) is 12.4. The monoisotopic (exact) mass is 530 g/mol. The fourth-order valence-corrected chi connectivity index (χ4v) is 4.55. The Kier molecular flexibility index (Phi) is 7.06. The molecule has 2 atom stereocenters. The number of methoxy groups -OCH3 is 2. The first-order chi connectivity index (χ1) is 18.8. The average Bonchev–Trinajstić information content (AvgIpc) is 3.65. The van der Waals surface area contributed by atoms with E-state index in [1.165, 1.54) is 26.4 Å². The Morgan fingerprint density at radius 1 is 1.00 bits per heavy atom. The number of nitrogens with one attached hydrogen (secondary N) is 1. The van der Waals surface area contributed by atoms with Gasteiger partial charge >= 0.3 is 5.97 Å². The summed E-state index contributed by atoms with van der Waals surface area (Å²) in [7, 11) is 2.78. The van der Waals surface area contributed by atoms with Crippen molar-refractivity contribution in [1.29, 1.82) is 0 Å². The van der Waals surface area contributed by atoms with Crippen molar-refractivity contribution in [3.05, 3.63) is 84.3 Å². The smallest absolute Gasteiger partial charge is 0.321 e. The molecular weight excluding hydrogens is 503 g/mol. The fraction of sp³-hybridized carbons (Fsp3) is 0.233. The second-order valence-corrected chi connectivity index (χ2v) is 9.37. The number of amides is 1. The molecule has 0 aliphatic heterocycles. The van der Waals surface area contributed by atoms with Crippen LogP contribution in [0, 0.1) is 17.2 Å². The van der Waals surface area contributed by atoms with Gasteiger partial charge in [-0.3, -0.25) is 14.6 Å². The third kappa shape index (κ3) is 5.07. The number of hydrogen-bond acceptors (Lipinski definition) is 7. The van der Waals surface area contributed by atoms with E-state index in [1.54, 1.807) is 31.3 Å². The van der Waals surface area contributed by atoms with Crippen LogP contribution in [0.3, 0.4) is 0 Å². The molecule has 1 saturated carbocycles. The summed E-state index contributed by atoms with van der Waals surface area (Å²) in [6.07, 6.45) is 1.94. The van der Waals surface area contributed by atoms with Crippen LogP contribution in [-0.4, -0.2) is 31.1 Å². The summed E-state index contributed by atoms with van der Waals surface area (Å²) < 4.78 is 37.2. The van der Waals surface area contributed by atoms with Gasteiger partial charge in [0.25, 0.3) is 0 Å². The van der Waals surface area contributed by atoms with Crippen molar-refractivity contribution in [2.24, 2.45) is 11.3 Å². The van der Waals surface area contributed by atoms with Crippen molar-refractivity contribution in [2.45, 2.75) is 20.0 Å². The molecule has 0 radical (unpaired) electrons. The first kappa shape index (κ1) is 26.0. The van der Waals surface area contributed by atoms with E-state index in [0.29, 0.717) is 41.2 Å². The minimum atomic E-state index is -1.24. The van der Waals surface area contributed by atoms with Gasteiger partial charge in [0.2, 0.25) is 5.91 Å². The lowest BCUT2D eigenvalue weighted by atomic mass is 10.0. The fourth-order valence-electron chi connectivity index (χ4n) is 4.55. The molecule has 1 heterocycles. The number of fused-ring (bicyclic) bond motifs is 1. The van der Waals surface area contributed by atoms with Gasteiger partial charge in [-0.25, -0.2) is 4.39 Å². The number of nitrogens with zero attached hydrogens (tertiary/aromatic N) is 1. The zero-order valence-electron chi connectivity index (χ0n) is 21.7. The zero-order valence-corrected chi connectivity index (χ0v) is 21.7. The van der Waals surface area contributed by atoms with E-state index in [-0.39, 0.29) is 17.4 Å². The maximum atomic E-state index is 15.0. The largest absolute Gasteiger partial charge is 0.493 e. The topological polar surface area (TPSA) is 96.0 Å². The summed E-state index contributed by atoms with van der Waals surface area (Å²) in [6.45, 7) is 2.15. The third-order valence-corrected chi connectivity index (χ3v) is 6.90. The van der Waals surface area contributed by atoms with E-state index in [9.17, 15) is 9.59 Å². The summed E-state index contributed by atoms with van der Waals surface area (Å²) in [5, 5.41) is 3.22.